The molecule has 132 valence electrons. The van der Waals surface area contributed by atoms with Crippen LogP contribution in [-0.4, -0.2) is 32.6 Å². The Morgan fingerprint density at radius 1 is 1.15 bits per heavy atom. The van der Waals surface area contributed by atoms with Crippen LogP contribution in [0.1, 0.15) is 5.56 Å². The Labute approximate surface area is 149 Å². The summed E-state index contributed by atoms with van der Waals surface area (Å²) in [4.78, 5) is 23.4. The van der Waals surface area contributed by atoms with E-state index in [0.29, 0.717) is 22.8 Å². The number of carboxylic acids is 1. The van der Waals surface area contributed by atoms with E-state index in [1.165, 1.54) is 6.07 Å². The summed E-state index contributed by atoms with van der Waals surface area (Å²) < 4.78 is 13.4. The quantitative estimate of drug-likeness (QED) is 0.625. The predicted molar refractivity (Wildman–Crippen MR) is 95.8 cm³/mol. The first-order chi connectivity index (χ1) is 12.5. The highest BCUT2D eigenvalue weighted by Gasteiger charge is 2.09. The van der Waals surface area contributed by atoms with Crippen molar-refractivity contribution in [1.82, 2.24) is 15.0 Å². The van der Waals surface area contributed by atoms with Crippen LogP contribution >= 0.6 is 0 Å². The summed E-state index contributed by atoms with van der Waals surface area (Å²) in [6.07, 6.45) is 3.27. The van der Waals surface area contributed by atoms with Crippen LogP contribution in [0.4, 0.5) is 21.8 Å². The van der Waals surface area contributed by atoms with Crippen molar-refractivity contribution in [3.63, 3.8) is 0 Å². The van der Waals surface area contributed by atoms with Gasteiger partial charge in [-0.2, -0.15) is 4.98 Å². The highest BCUT2D eigenvalue weighted by molar-refractivity contribution is 5.73. The second-order valence-corrected chi connectivity index (χ2v) is 5.53. The van der Waals surface area contributed by atoms with Gasteiger partial charge < -0.3 is 15.7 Å². The molecule has 3 rings (SSSR count). The van der Waals surface area contributed by atoms with Crippen molar-refractivity contribution >= 4 is 23.4 Å². The van der Waals surface area contributed by atoms with Crippen LogP contribution in [0.15, 0.2) is 48.8 Å². The number of aryl methyl sites for hydroxylation is 1. The van der Waals surface area contributed by atoms with E-state index in [1.54, 1.807) is 49.6 Å². The summed E-state index contributed by atoms with van der Waals surface area (Å²) in [5, 5.41) is 14.6. The molecule has 26 heavy (non-hydrogen) atoms. The summed E-state index contributed by atoms with van der Waals surface area (Å²) in [7, 11) is 0. The van der Waals surface area contributed by atoms with Gasteiger partial charge in [0.1, 0.15) is 18.2 Å². The molecular weight excluding hydrogens is 337 g/mol. The zero-order chi connectivity index (χ0) is 18.5. The van der Waals surface area contributed by atoms with Gasteiger partial charge in [-0.3, -0.25) is 9.78 Å². The Balaban J connectivity index is 1.95. The van der Waals surface area contributed by atoms with Gasteiger partial charge in [0.25, 0.3) is 0 Å². The predicted octanol–water partition coefficient (Wildman–Crippen LogP) is 3.23. The number of nitrogens with one attached hydrogen (secondary N) is 2. The number of hydrogen-bond acceptors (Lipinski definition) is 6. The smallest absolute Gasteiger partial charge is 0.322 e. The van der Waals surface area contributed by atoms with Gasteiger partial charge in [-0.15, -0.1) is 0 Å². The first kappa shape index (κ1) is 17.3. The molecule has 0 saturated carbocycles. The zero-order valence-corrected chi connectivity index (χ0v) is 13.9. The second-order valence-electron chi connectivity index (χ2n) is 5.53. The molecule has 0 bridgehead atoms. The molecule has 0 radical (unpaired) electrons. The van der Waals surface area contributed by atoms with Gasteiger partial charge in [0.05, 0.1) is 5.69 Å². The molecule has 8 heteroatoms. The number of aliphatic carboxylic acids is 1. The molecule has 0 spiro atoms. The number of carbonyl (C=O) groups is 1. The number of aromatic nitrogens is 3. The van der Waals surface area contributed by atoms with E-state index in [9.17, 15) is 9.18 Å². The topological polar surface area (TPSA) is 100 Å². The Bertz CT molecular complexity index is 934. The zero-order valence-electron chi connectivity index (χ0n) is 13.9. The van der Waals surface area contributed by atoms with Crippen LogP contribution in [0.2, 0.25) is 0 Å². The van der Waals surface area contributed by atoms with Crippen LogP contribution in [-0.2, 0) is 4.79 Å². The van der Waals surface area contributed by atoms with E-state index in [-0.39, 0.29) is 18.3 Å². The van der Waals surface area contributed by atoms with Crippen molar-refractivity contribution < 1.29 is 14.3 Å². The molecule has 1 aromatic carbocycles. The Kier molecular flexibility index (Phi) is 5.02. The Hall–Kier alpha value is -3.55. The number of hydrogen-bond donors (Lipinski definition) is 3. The number of nitrogens with zero attached hydrogens (tertiary/aromatic N) is 3. The van der Waals surface area contributed by atoms with E-state index >= 15 is 0 Å². The standard InChI is InChI=1S/C18H16FN5O2/c1-11-8-13(2-3-14(11)19)22-16-9-15(12-4-6-20-7-5-12)23-18(24-16)21-10-17(25)26/h2-9H,10H2,1H3,(H,25,26)(H2,21,22,23,24). The van der Waals surface area contributed by atoms with Crippen molar-refractivity contribution in [2.24, 2.45) is 0 Å². The number of carboxylic acid groups (broad SMARTS) is 1. The Morgan fingerprint density at radius 2 is 1.92 bits per heavy atom. The molecule has 7 nitrogen and oxygen atoms in total. The summed E-state index contributed by atoms with van der Waals surface area (Å²) in [5.74, 6) is -0.695. The maximum Gasteiger partial charge on any atom is 0.322 e. The summed E-state index contributed by atoms with van der Waals surface area (Å²) in [6, 6.07) is 9.92. The minimum atomic E-state index is -1.02. The second kappa shape index (κ2) is 7.56. The third-order valence-corrected chi connectivity index (χ3v) is 3.53. The van der Waals surface area contributed by atoms with Crippen molar-refractivity contribution in [1.29, 1.82) is 0 Å². The van der Waals surface area contributed by atoms with Gasteiger partial charge in [-0.05, 0) is 42.8 Å². The summed E-state index contributed by atoms with van der Waals surface area (Å²) in [5.41, 5.74) is 2.56. The van der Waals surface area contributed by atoms with Crippen LogP contribution in [0, 0.1) is 12.7 Å². The van der Waals surface area contributed by atoms with Crippen molar-refractivity contribution in [2.45, 2.75) is 6.92 Å². The molecule has 0 aliphatic rings. The molecular formula is C18H16FN5O2. The van der Waals surface area contributed by atoms with E-state index < -0.39 is 5.97 Å². The summed E-state index contributed by atoms with van der Waals surface area (Å²) in [6.45, 7) is 1.36. The normalized spacial score (nSPS) is 10.4. The molecule has 3 N–H and O–H groups in total. The van der Waals surface area contributed by atoms with Gasteiger partial charge in [0.15, 0.2) is 0 Å². The molecule has 0 fully saturated rings. The monoisotopic (exact) mass is 353 g/mol. The average Bonchev–Trinajstić information content (AvgIpc) is 2.64. The van der Waals surface area contributed by atoms with Gasteiger partial charge in [0.2, 0.25) is 5.95 Å². The van der Waals surface area contributed by atoms with Crippen LogP contribution in [0.5, 0.6) is 0 Å². The maximum absolute atomic E-state index is 13.4. The number of pyridine rings is 1. The fourth-order valence-corrected chi connectivity index (χ4v) is 2.29. The van der Waals surface area contributed by atoms with E-state index in [0.717, 1.165) is 5.56 Å². The van der Waals surface area contributed by atoms with E-state index in [1.807, 2.05) is 0 Å². The van der Waals surface area contributed by atoms with E-state index in [2.05, 4.69) is 25.6 Å². The fourth-order valence-electron chi connectivity index (χ4n) is 2.29. The number of rotatable bonds is 6. The lowest BCUT2D eigenvalue weighted by molar-refractivity contribution is -0.134. The largest absolute Gasteiger partial charge is 0.480 e. The highest BCUT2D eigenvalue weighted by atomic mass is 19.1. The van der Waals surface area contributed by atoms with Crippen molar-refractivity contribution in [2.75, 3.05) is 17.2 Å². The van der Waals surface area contributed by atoms with Crippen molar-refractivity contribution in [3.05, 3.63) is 60.2 Å². The lowest BCUT2D eigenvalue weighted by atomic mass is 10.2. The van der Waals surface area contributed by atoms with Gasteiger partial charge in [-0.25, -0.2) is 9.37 Å². The molecule has 0 saturated heterocycles. The molecule has 2 heterocycles. The average molecular weight is 353 g/mol. The lowest BCUT2D eigenvalue weighted by Gasteiger charge is -2.11. The molecule has 0 atom stereocenters. The minimum Gasteiger partial charge on any atom is -0.480 e. The summed E-state index contributed by atoms with van der Waals surface area (Å²) >= 11 is 0. The third kappa shape index (κ3) is 4.29. The van der Waals surface area contributed by atoms with Crippen LogP contribution in [0.25, 0.3) is 11.3 Å². The molecule has 2 aromatic heterocycles. The van der Waals surface area contributed by atoms with Gasteiger partial charge in [-0.1, -0.05) is 0 Å². The van der Waals surface area contributed by atoms with E-state index in [4.69, 9.17) is 5.11 Å². The Morgan fingerprint density at radius 3 is 2.62 bits per heavy atom. The molecule has 0 aliphatic heterocycles. The van der Waals surface area contributed by atoms with Crippen LogP contribution < -0.4 is 10.6 Å². The SMILES string of the molecule is Cc1cc(Nc2cc(-c3ccncc3)nc(NCC(=O)O)n2)ccc1F. The first-order valence-corrected chi connectivity index (χ1v) is 7.79. The molecule has 0 aliphatic carbocycles. The fraction of sp³-hybridized carbons (Fsp3) is 0.111. The molecule has 0 amide bonds. The third-order valence-electron chi connectivity index (χ3n) is 3.53. The van der Waals surface area contributed by atoms with Gasteiger partial charge in [0, 0.05) is 29.7 Å². The number of halogens is 1. The number of anilines is 3. The minimum absolute atomic E-state index is 0.169. The molecule has 0 unspecified atom stereocenters. The number of benzene rings is 1. The van der Waals surface area contributed by atoms with Crippen LogP contribution in [0.3, 0.4) is 0 Å². The van der Waals surface area contributed by atoms with Gasteiger partial charge >= 0.3 is 5.97 Å². The molecule has 3 aromatic rings. The highest BCUT2D eigenvalue weighted by Crippen LogP contribution is 2.24. The maximum atomic E-state index is 13.4. The van der Waals surface area contributed by atoms with Crippen molar-refractivity contribution in [3.8, 4) is 11.3 Å². The first-order valence-electron chi connectivity index (χ1n) is 7.79. The lowest BCUT2D eigenvalue weighted by Crippen LogP contribution is -2.15.